The zero-order chi connectivity index (χ0) is 34.6. The molecule has 1 saturated heterocycles. The number of hydrogen-bond donors (Lipinski definition) is 0. The molecule has 4 rings (SSSR count). The maximum atomic E-state index is 14.1. The number of rotatable bonds is 11. The van der Waals surface area contributed by atoms with Crippen LogP contribution >= 0.6 is 0 Å². The third-order valence-corrected chi connectivity index (χ3v) is 15.6. The van der Waals surface area contributed by atoms with Gasteiger partial charge in [0, 0.05) is 27.2 Å². The molecule has 0 spiro atoms. The molecule has 256 valence electrons. The van der Waals surface area contributed by atoms with Crippen molar-refractivity contribution in [3.63, 3.8) is 0 Å². The second-order valence-corrected chi connectivity index (χ2v) is 20.7. The van der Waals surface area contributed by atoms with Crippen LogP contribution in [-0.2, 0) is 25.9 Å². The Morgan fingerprint density at radius 3 is 1.85 bits per heavy atom. The highest BCUT2D eigenvalue weighted by atomic mass is 32.2. The molecule has 0 radical (unpaired) electrons. The van der Waals surface area contributed by atoms with E-state index >= 15 is 0 Å². The summed E-state index contributed by atoms with van der Waals surface area (Å²) in [6.07, 6.45) is -0.0558. The highest BCUT2D eigenvalue weighted by Crippen LogP contribution is 2.38. The highest BCUT2D eigenvalue weighted by Gasteiger charge is 2.53. The van der Waals surface area contributed by atoms with Gasteiger partial charge < -0.3 is 18.8 Å². The molecule has 1 aliphatic rings. The number of carbonyl (C=O) groups excluding carboxylic acids is 1. The number of hydrogen-bond acceptors (Lipinski definition) is 6. The third-order valence-electron chi connectivity index (χ3n) is 8.65. The summed E-state index contributed by atoms with van der Waals surface area (Å²) in [5, 5.41) is 1.90. The number of carbonyl (C=O) groups is 1. The van der Waals surface area contributed by atoms with Gasteiger partial charge in [0.1, 0.15) is 11.4 Å². The van der Waals surface area contributed by atoms with Gasteiger partial charge in [-0.15, -0.1) is 0 Å². The zero-order valence-electron chi connectivity index (χ0n) is 29.3. The van der Waals surface area contributed by atoms with E-state index < -0.39 is 42.3 Å². The molecule has 3 aromatic rings. The topological polar surface area (TPSA) is 88.6 Å². The van der Waals surface area contributed by atoms with E-state index in [1.807, 2.05) is 81.4 Å². The molecular formula is C36H51N3O6SSi. The van der Waals surface area contributed by atoms with E-state index in [2.05, 4.69) is 45.0 Å². The van der Waals surface area contributed by atoms with Crippen LogP contribution < -0.4 is 15.1 Å². The molecule has 2 atom stereocenters. The Morgan fingerprint density at radius 1 is 0.872 bits per heavy atom. The van der Waals surface area contributed by atoms with E-state index in [4.69, 9.17) is 13.9 Å². The number of likely N-dealkylation sites (tertiary alicyclic amines) is 1. The summed E-state index contributed by atoms with van der Waals surface area (Å²) in [5.41, 5.74) is 0.0791. The van der Waals surface area contributed by atoms with Gasteiger partial charge in [0.2, 0.25) is 0 Å². The molecule has 0 unspecified atom stereocenters. The fourth-order valence-corrected chi connectivity index (χ4v) is 12.3. The van der Waals surface area contributed by atoms with Gasteiger partial charge >= 0.3 is 6.09 Å². The molecule has 0 bridgehead atoms. The standard InChI is InChI=1S/C36H51N3O6SSi/c1-35(2,3)45-34(40)38-25-24-32(39(46(41,42)37(7)8)26-28-20-22-29(43-9)23-21-28)33(38)27-44-47(36(4,5)6,30-16-12-10-13-17-30)31-18-14-11-15-19-31/h10-23,32-33H,24-27H2,1-9H3/t32-,33-/m0/s1. The first-order valence-electron chi connectivity index (χ1n) is 16.1. The van der Waals surface area contributed by atoms with Gasteiger partial charge in [0.15, 0.2) is 0 Å². The van der Waals surface area contributed by atoms with Crippen LogP contribution in [0.1, 0.15) is 53.5 Å². The summed E-state index contributed by atoms with van der Waals surface area (Å²) in [7, 11) is -2.28. The Kier molecular flexibility index (Phi) is 11.3. The second-order valence-electron chi connectivity index (χ2n) is 14.3. The molecule has 1 amide bonds. The summed E-state index contributed by atoms with van der Waals surface area (Å²) in [4.78, 5) is 15.4. The van der Waals surface area contributed by atoms with Crippen molar-refractivity contribution in [2.24, 2.45) is 0 Å². The lowest BCUT2D eigenvalue weighted by molar-refractivity contribution is 0.0146. The predicted molar refractivity (Wildman–Crippen MR) is 190 cm³/mol. The van der Waals surface area contributed by atoms with Crippen molar-refractivity contribution in [2.45, 2.75) is 77.2 Å². The summed E-state index contributed by atoms with van der Waals surface area (Å²) >= 11 is 0. The molecule has 3 aromatic carbocycles. The smallest absolute Gasteiger partial charge is 0.410 e. The van der Waals surface area contributed by atoms with Crippen LogP contribution in [0.5, 0.6) is 5.75 Å². The Labute approximate surface area is 282 Å². The van der Waals surface area contributed by atoms with Gasteiger partial charge in [-0.05, 0) is 60.3 Å². The van der Waals surface area contributed by atoms with Gasteiger partial charge in [-0.25, -0.2) is 4.79 Å². The van der Waals surface area contributed by atoms with Gasteiger partial charge in [-0.2, -0.15) is 17.0 Å². The van der Waals surface area contributed by atoms with Crippen molar-refractivity contribution < 1.29 is 27.1 Å². The molecule has 0 N–H and O–H groups in total. The van der Waals surface area contributed by atoms with E-state index in [1.54, 1.807) is 12.0 Å². The number of methoxy groups -OCH3 is 1. The van der Waals surface area contributed by atoms with Gasteiger partial charge in [0.25, 0.3) is 18.5 Å². The molecule has 0 aromatic heterocycles. The van der Waals surface area contributed by atoms with E-state index in [0.717, 1.165) is 15.9 Å². The number of amides is 1. The number of ether oxygens (including phenoxy) is 2. The molecular weight excluding hydrogens is 631 g/mol. The first-order chi connectivity index (χ1) is 22.0. The summed E-state index contributed by atoms with van der Waals surface area (Å²) in [6, 6.07) is 26.8. The van der Waals surface area contributed by atoms with Crippen molar-refractivity contribution in [1.82, 2.24) is 13.5 Å². The van der Waals surface area contributed by atoms with Crippen LogP contribution in [-0.4, -0.2) is 88.4 Å². The fourth-order valence-electron chi connectivity index (χ4n) is 6.38. The lowest BCUT2D eigenvalue weighted by Gasteiger charge is -2.45. The van der Waals surface area contributed by atoms with E-state index in [9.17, 15) is 13.2 Å². The minimum Gasteiger partial charge on any atom is -0.497 e. The quantitative estimate of drug-likeness (QED) is 0.257. The summed E-state index contributed by atoms with van der Waals surface area (Å²) in [5.74, 6) is 0.685. The van der Waals surface area contributed by atoms with Crippen LogP contribution in [0.25, 0.3) is 0 Å². The van der Waals surface area contributed by atoms with Crippen molar-refractivity contribution in [3.8, 4) is 5.75 Å². The predicted octanol–water partition coefficient (Wildman–Crippen LogP) is 5.26. The average molecular weight is 682 g/mol. The van der Waals surface area contributed by atoms with Gasteiger partial charge in [-0.3, -0.25) is 0 Å². The third kappa shape index (κ3) is 8.09. The minimum absolute atomic E-state index is 0.118. The SMILES string of the molecule is COc1ccc(CN([C@H]2CCN(C(=O)OC(C)(C)C)[C@H]2CO[Si](c2ccccc2)(c2ccccc2)C(C)(C)C)S(=O)(=O)N(C)C)cc1. The molecule has 1 fully saturated rings. The first-order valence-corrected chi connectivity index (χ1v) is 19.4. The van der Waals surface area contributed by atoms with Crippen LogP contribution in [0.2, 0.25) is 5.04 Å². The van der Waals surface area contributed by atoms with E-state index in [1.165, 1.54) is 22.7 Å². The maximum Gasteiger partial charge on any atom is 0.410 e. The molecule has 1 heterocycles. The minimum atomic E-state index is -3.93. The normalized spacial score (nSPS) is 17.7. The van der Waals surface area contributed by atoms with Crippen LogP contribution in [0, 0.1) is 0 Å². The number of benzene rings is 3. The Hall–Kier alpha value is -3.22. The van der Waals surface area contributed by atoms with Crippen molar-refractivity contribution in [1.29, 1.82) is 0 Å². The Bertz CT molecular complexity index is 1530. The Morgan fingerprint density at radius 2 is 1.40 bits per heavy atom. The maximum absolute atomic E-state index is 14.1. The molecule has 47 heavy (non-hydrogen) atoms. The highest BCUT2D eigenvalue weighted by molar-refractivity contribution is 7.86. The summed E-state index contributed by atoms with van der Waals surface area (Å²) < 4.78 is 49.4. The first kappa shape index (κ1) is 36.6. The van der Waals surface area contributed by atoms with Gasteiger partial charge in [0.05, 0.1) is 25.8 Å². The lowest BCUT2D eigenvalue weighted by Crippen LogP contribution is -2.68. The van der Waals surface area contributed by atoms with E-state index in [-0.39, 0.29) is 18.2 Å². The lowest BCUT2D eigenvalue weighted by atomic mass is 10.1. The zero-order valence-corrected chi connectivity index (χ0v) is 31.1. The molecule has 1 aliphatic heterocycles. The van der Waals surface area contributed by atoms with Crippen LogP contribution in [0.15, 0.2) is 84.9 Å². The largest absolute Gasteiger partial charge is 0.497 e. The second kappa shape index (κ2) is 14.5. The Balaban J connectivity index is 1.83. The average Bonchev–Trinajstić information content (AvgIpc) is 3.43. The van der Waals surface area contributed by atoms with Gasteiger partial charge in [-0.1, -0.05) is 93.6 Å². The van der Waals surface area contributed by atoms with Crippen LogP contribution in [0.3, 0.4) is 0 Å². The van der Waals surface area contributed by atoms with Crippen molar-refractivity contribution in [3.05, 3.63) is 90.5 Å². The van der Waals surface area contributed by atoms with Crippen molar-refractivity contribution in [2.75, 3.05) is 34.4 Å². The van der Waals surface area contributed by atoms with Crippen LogP contribution in [0.4, 0.5) is 4.79 Å². The summed E-state index contributed by atoms with van der Waals surface area (Å²) in [6.45, 7) is 12.7. The molecule has 11 heteroatoms. The molecule has 9 nitrogen and oxygen atoms in total. The number of nitrogens with zero attached hydrogens (tertiary/aromatic N) is 3. The monoisotopic (exact) mass is 681 g/mol. The molecule has 0 aliphatic carbocycles. The molecule has 0 saturated carbocycles. The van der Waals surface area contributed by atoms with Crippen molar-refractivity contribution >= 4 is 35.0 Å². The fraction of sp³-hybridized carbons (Fsp3) is 0.472. The van der Waals surface area contributed by atoms with E-state index in [0.29, 0.717) is 18.7 Å².